The summed E-state index contributed by atoms with van der Waals surface area (Å²) in [5.74, 6) is -10.9. The Morgan fingerprint density at radius 3 is 0.903 bits per heavy atom. The molecule has 12 rings (SSSR count). The number of hydrogen-bond acceptors (Lipinski definition) is 15. The van der Waals surface area contributed by atoms with Crippen molar-refractivity contribution >= 4 is 17.6 Å². The number of hydrogen-bond donors (Lipinski definition) is 2. The Labute approximate surface area is 655 Å². The van der Waals surface area contributed by atoms with Crippen LogP contribution in [0.25, 0.3) is 56.3 Å². The van der Waals surface area contributed by atoms with Crippen molar-refractivity contribution in [1.29, 1.82) is 0 Å². The topological polar surface area (TPSA) is 237 Å². The Morgan fingerprint density at radius 2 is 0.670 bits per heavy atom. The van der Waals surface area contributed by atoms with Crippen molar-refractivity contribution in [3.05, 3.63) is 282 Å². The maximum atomic E-state index is 13.4. The van der Waals surface area contributed by atoms with Crippen molar-refractivity contribution in [2.24, 2.45) is 7.05 Å². The van der Waals surface area contributed by atoms with Crippen LogP contribution >= 0.6 is 0 Å². The average molecular weight is 2310 g/mol. The van der Waals surface area contributed by atoms with Gasteiger partial charge in [-0.25, -0.2) is 58.5 Å². The molecule has 33 heteroatoms. The summed E-state index contributed by atoms with van der Waals surface area (Å²) >= 11 is 0. The number of nitrogens with zero attached hydrogens (tertiary/aromatic N) is 14. The van der Waals surface area contributed by atoms with Gasteiger partial charge in [-0.3, -0.25) is 29.6 Å². The second kappa shape index (κ2) is 48.9. The first-order valence-corrected chi connectivity index (χ1v) is 27.2. The Hall–Kier alpha value is -8.85. The number of halogens is 10. The standard InChI is InChI=1S/C12H10F2N3.3C11H7F2N2.C10H5F2N2.C6H8N2O2.C6H5NO2.3CH4.5Ir/c1-17(2)8-5-6-15-10(7-8)9-3-4-11(13)16-12(9)14;3*1-7-4-5-14-9(6-7)8-2-3-10(12)15-11(8)13;11-9-5-4-7(10(12)14-9)8-3-1-2-6-13-8;1-4-3-5(6(9)10)7-8(4)2;8-6(9)5-3-1-2-4-7-5;;;;;;;;/h4-7H,1-2H3;3*3-6H,1H3;1-3,5-6H;3H,1-2H3,(H,9,10);1-4H,(H,8,9);3*1H4;;;;;/q5*-1;;;;;;;;;;. The monoisotopic (exact) mass is 2320 g/mol. The van der Waals surface area contributed by atoms with E-state index in [1.807, 2.05) is 39.8 Å². The summed E-state index contributed by atoms with van der Waals surface area (Å²) in [6, 6.07) is 42.5. The van der Waals surface area contributed by atoms with Crippen LogP contribution in [-0.2, 0) is 108 Å². The molecule has 2 N–H and O–H groups in total. The van der Waals surface area contributed by atoms with E-state index in [1.165, 1.54) is 29.2 Å². The first kappa shape index (κ1) is 98.3. The minimum atomic E-state index is -0.990. The molecule has 5 radical (unpaired) electrons. The molecule has 0 aliphatic heterocycles. The Morgan fingerprint density at radius 1 is 0.379 bits per heavy atom. The fourth-order valence-corrected chi connectivity index (χ4v) is 7.28. The molecule has 103 heavy (non-hydrogen) atoms. The van der Waals surface area contributed by atoms with Crippen LogP contribution in [0.1, 0.15) is 65.6 Å². The van der Waals surface area contributed by atoms with Gasteiger partial charge in [-0.05, 0) is 105 Å². The first-order chi connectivity index (χ1) is 45.3. The molecule has 12 aromatic heterocycles. The van der Waals surface area contributed by atoms with E-state index < -0.39 is 71.4 Å². The van der Waals surface area contributed by atoms with Crippen LogP contribution in [0.5, 0.6) is 0 Å². The largest absolute Gasteiger partial charge is 0.477 e. The van der Waals surface area contributed by atoms with E-state index in [4.69, 9.17) is 10.2 Å². The zero-order chi connectivity index (χ0) is 69.3. The summed E-state index contributed by atoms with van der Waals surface area (Å²) in [6.07, 6.45) is 9.20. The van der Waals surface area contributed by atoms with E-state index >= 15 is 0 Å². The van der Waals surface area contributed by atoms with Crippen LogP contribution in [0, 0.1) is 118 Å². The van der Waals surface area contributed by atoms with Crippen LogP contribution in [-0.4, -0.2) is 101 Å². The minimum absolute atomic E-state index is 0. The van der Waals surface area contributed by atoms with Gasteiger partial charge >= 0.3 is 11.9 Å². The molecule has 0 aromatic carbocycles. The Kier molecular flexibility index (Phi) is 46.7. The molecular weight excluding hydrogens is 2250 g/mol. The fourth-order valence-electron chi connectivity index (χ4n) is 7.28. The normalized spacial score (nSPS) is 9.33. The predicted octanol–water partition coefficient (Wildman–Crippen LogP) is 15.2. The third kappa shape index (κ3) is 31.7. The summed E-state index contributed by atoms with van der Waals surface area (Å²) in [7, 11) is 5.44. The van der Waals surface area contributed by atoms with E-state index in [2.05, 4.69) is 90.3 Å². The van der Waals surface area contributed by atoms with Gasteiger partial charge in [-0.2, -0.15) is 5.10 Å². The number of anilines is 1. The molecular formula is C70H61F10Ir5N14O4-5. The number of rotatable bonds is 8. The van der Waals surface area contributed by atoms with Crippen LogP contribution in [0.15, 0.2) is 159 Å². The van der Waals surface area contributed by atoms with Crippen LogP contribution in [0.4, 0.5) is 49.6 Å². The first-order valence-electron chi connectivity index (χ1n) is 27.2. The zero-order valence-electron chi connectivity index (χ0n) is 52.4. The summed E-state index contributed by atoms with van der Waals surface area (Å²) in [6.45, 7) is 7.39. The quantitative estimate of drug-likeness (QED) is 0.0817. The molecule has 0 spiro atoms. The Bertz CT molecular complexity index is 4330. The van der Waals surface area contributed by atoms with E-state index in [0.717, 1.165) is 58.4 Å². The van der Waals surface area contributed by atoms with E-state index in [1.54, 1.807) is 118 Å². The van der Waals surface area contributed by atoms with Crippen molar-refractivity contribution in [3.8, 4) is 56.3 Å². The molecule has 0 atom stereocenters. The second-order valence-electron chi connectivity index (χ2n) is 19.2. The molecule has 12 aromatic rings. The molecule has 0 saturated carbocycles. The smallest absolute Gasteiger partial charge is 0.356 e. The van der Waals surface area contributed by atoms with E-state index in [9.17, 15) is 53.5 Å². The fraction of sp³-hybridized carbons (Fsp3) is 0.143. The van der Waals surface area contributed by atoms with Gasteiger partial charge in [-0.15, -0.1) is 30.3 Å². The van der Waals surface area contributed by atoms with Crippen molar-refractivity contribution in [1.82, 2.24) is 64.6 Å². The predicted molar refractivity (Wildman–Crippen MR) is 346 cm³/mol. The minimum Gasteiger partial charge on any atom is -0.477 e. The third-order valence-electron chi connectivity index (χ3n) is 11.9. The molecule has 555 valence electrons. The van der Waals surface area contributed by atoms with Crippen molar-refractivity contribution in [3.63, 3.8) is 0 Å². The average Bonchev–Trinajstić information content (AvgIpc) is 1.58. The zero-order valence-corrected chi connectivity index (χ0v) is 64.4. The maximum absolute atomic E-state index is 13.4. The number of aryl methyl sites for hydroxylation is 5. The molecule has 0 bridgehead atoms. The SMILES string of the molecule is C.C.C.CN(C)c1ccnc(-c2[c-]cc(F)nc2F)c1.Cc1cc(C(=O)O)nn1C.Cc1ccnc(-c2[c-]cc(F)nc2F)c1.Cc1ccnc(-c2[c-]cc(F)nc2F)c1.Cc1ccnc(-c2[c-]cc(F)nc2F)c1.Fc1c[c-]c(-c2ccccn2)c(F)n1.O=C(O)c1ccccn1.[Ir].[Ir].[Ir].[Ir].[Ir]. The van der Waals surface area contributed by atoms with Gasteiger partial charge < -0.3 is 40.0 Å². The van der Waals surface area contributed by atoms with Gasteiger partial charge in [0.25, 0.3) is 0 Å². The van der Waals surface area contributed by atoms with Crippen molar-refractivity contribution in [2.75, 3.05) is 19.0 Å². The van der Waals surface area contributed by atoms with Crippen LogP contribution in [0.2, 0.25) is 0 Å². The molecule has 0 saturated heterocycles. The number of pyridine rings is 11. The van der Waals surface area contributed by atoms with E-state index in [-0.39, 0.29) is 162 Å². The molecule has 12 heterocycles. The molecule has 0 amide bonds. The van der Waals surface area contributed by atoms with Gasteiger partial charge in [0.2, 0.25) is 0 Å². The van der Waals surface area contributed by atoms with Gasteiger partial charge in [0.15, 0.2) is 5.69 Å². The summed E-state index contributed by atoms with van der Waals surface area (Å²) < 4.78 is 131. The van der Waals surface area contributed by atoms with Crippen LogP contribution in [0.3, 0.4) is 0 Å². The maximum Gasteiger partial charge on any atom is 0.356 e. The number of carboxylic acid groups (broad SMARTS) is 2. The van der Waals surface area contributed by atoms with E-state index in [0.29, 0.717) is 28.5 Å². The van der Waals surface area contributed by atoms with Gasteiger partial charge in [0, 0.05) is 170 Å². The number of carbonyl (C=O) groups is 2. The van der Waals surface area contributed by atoms with Crippen molar-refractivity contribution in [2.45, 2.75) is 50.0 Å². The third-order valence-corrected chi connectivity index (χ3v) is 11.9. The second-order valence-corrected chi connectivity index (χ2v) is 19.2. The molecule has 0 unspecified atom stereocenters. The molecule has 0 fully saturated rings. The van der Waals surface area contributed by atoms with Gasteiger partial charge in [0.1, 0.15) is 65.2 Å². The number of carboxylic acids is 2. The Balaban J connectivity index is -0.00000113. The summed E-state index contributed by atoms with van der Waals surface area (Å²) in [5, 5.41) is 20.5. The summed E-state index contributed by atoms with van der Waals surface area (Å²) in [4.78, 5) is 61.1. The van der Waals surface area contributed by atoms with Crippen molar-refractivity contribution < 1.29 is 164 Å². The van der Waals surface area contributed by atoms with Crippen LogP contribution < -0.4 is 4.90 Å². The molecule has 18 nitrogen and oxygen atoms in total. The molecule has 0 aliphatic rings. The number of aromatic nitrogens is 13. The van der Waals surface area contributed by atoms with Gasteiger partial charge in [-0.1, -0.05) is 140 Å². The molecule has 0 aliphatic carbocycles. The summed E-state index contributed by atoms with van der Waals surface area (Å²) in [5.41, 5.74) is 7.08. The number of aromatic carboxylic acids is 2. The van der Waals surface area contributed by atoms with Gasteiger partial charge in [0.05, 0.1) is 0 Å².